The second kappa shape index (κ2) is 6.71. The topological polar surface area (TPSA) is 9.23 Å². The van der Waals surface area contributed by atoms with Crippen LogP contribution in [0.1, 0.15) is 5.56 Å². The zero-order chi connectivity index (χ0) is 17.4. The highest BCUT2D eigenvalue weighted by Crippen LogP contribution is 2.41. The maximum absolute atomic E-state index is 12.8. The first-order valence-electron chi connectivity index (χ1n) is 5.90. The first kappa shape index (κ1) is 18.1. The summed E-state index contributed by atoms with van der Waals surface area (Å²) < 4.78 is 67.2. The second-order valence-corrected chi connectivity index (χ2v) is 5.55. The van der Waals surface area contributed by atoms with Gasteiger partial charge in [-0.25, -0.2) is 0 Å². The number of halogens is 8. The molecule has 0 heterocycles. The van der Waals surface area contributed by atoms with Gasteiger partial charge in [0.05, 0.1) is 15.6 Å². The summed E-state index contributed by atoms with van der Waals surface area (Å²) in [5, 5.41) is 0.362. The van der Waals surface area contributed by atoms with Crippen molar-refractivity contribution in [1.29, 1.82) is 0 Å². The highest BCUT2D eigenvalue weighted by molar-refractivity contribution is 6.44. The van der Waals surface area contributed by atoms with Crippen LogP contribution in [0.15, 0.2) is 30.3 Å². The molecule has 0 bridgehead atoms. The van der Waals surface area contributed by atoms with Gasteiger partial charge >= 0.3 is 12.8 Å². The molecular formula is C14H6Cl3F5O. The lowest BCUT2D eigenvalue weighted by Gasteiger charge is -2.15. The van der Waals surface area contributed by atoms with Gasteiger partial charge in [-0.2, -0.15) is 22.0 Å². The van der Waals surface area contributed by atoms with Crippen molar-refractivity contribution in [3.63, 3.8) is 0 Å². The van der Waals surface area contributed by atoms with Crippen molar-refractivity contribution in [2.75, 3.05) is 0 Å². The Morgan fingerprint density at radius 2 is 1.48 bits per heavy atom. The summed E-state index contributed by atoms with van der Waals surface area (Å²) >= 11 is 17.6. The van der Waals surface area contributed by atoms with Crippen LogP contribution < -0.4 is 4.74 Å². The normalized spacial score (nSPS) is 11.9. The molecular weight excluding hydrogens is 386 g/mol. The zero-order valence-electron chi connectivity index (χ0n) is 10.9. The van der Waals surface area contributed by atoms with Gasteiger partial charge in [-0.3, -0.25) is 0 Å². The van der Waals surface area contributed by atoms with Gasteiger partial charge in [-0.05, 0) is 29.8 Å². The summed E-state index contributed by atoms with van der Waals surface area (Å²) in [6.45, 7) is -3.41. The van der Waals surface area contributed by atoms with Crippen LogP contribution in [0, 0.1) is 0 Å². The van der Waals surface area contributed by atoms with Gasteiger partial charge < -0.3 is 4.74 Å². The maximum Gasteiger partial charge on any atom is 0.419 e. The molecule has 2 aromatic carbocycles. The minimum atomic E-state index is -4.84. The first-order chi connectivity index (χ1) is 10.6. The summed E-state index contributed by atoms with van der Waals surface area (Å²) in [7, 11) is 0. The second-order valence-electron chi connectivity index (χ2n) is 4.33. The predicted octanol–water partition coefficient (Wildman–Crippen LogP) is 6.93. The van der Waals surface area contributed by atoms with Crippen LogP contribution >= 0.6 is 34.8 Å². The Balaban J connectivity index is 2.59. The van der Waals surface area contributed by atoms with Gasteiger partial charge in [0.25, 0.3) is 0 Å². The van der Waals surface area contributed by atoms with E-state index in [0.29, 0.717) is 6.07 Å². The van der Waals surface area contributed by atoms with Crippen molar-refractivity contribution in [3.05, 3.63) is 51.0 Å². The Labute approximate surface area is 142 Å². The van der Waals surface area contributed by atoms with Gasteiger partial charge in [-0.1, -0.05) is 40.9 Å². The molecule has 0 aromatic heterocycles. The largest absolute Gasteiger partial charge is 0.434 e. The van der Waals surface area contributed by atoms with Gasteiger partial charge in [-0.15, -0.1) is 0 Å². The van der Waals surface area contributed by atoms with Crippen LogP contribution in [0.4, 0.5) is 22.0 Å². The molecule has 0 N–H and O–H groups in total. The molecule has 0 aliphatic heterocycles. The molecule has 2 rings (SSSR count). The fourth-order valence-corrected chi connectivity index (χ4v) is 2.52. The standard InChI is InChI=1S/C14H6Cl3F5O/c15-9-5-11(17)10(16)4-7(9)6-1-2-8(14(20,21)22)12(3-6)23-13(18)19/h1-5,13H. The lowest BCUT2D eigenvalue weighted by molar-refractivity contribution is -0.141. The number of rotatable bonds is 3. The Kier molecular flexibility index (Phi) is 5.28. The number of hydrogen-bond acceptors (Lipinski definition) is 1. The number of ether oxygens (including phenoxy) is 1. The van der Waals surface area contributed by atoms with Crippen molar-refractivity contribution >= 4 is 34.8 Å². The van der Waals surface area contributed by atoms with E-state index in [4.69, 9.17) is 34.8 Å². The van der Waals surface area contributed by atoms with E-state index in [1.54, 1.807) is 0 Å². The molecule has 0 spiro atoms. The van der Waals surface area contributed by atoms with E-state index in [2.05, 4.69) is 4.74 Å². The molecule has 0 saturated carbocycles. The van der Waals surface area contributed by atoms with Gasteiger partial charge in [0.15, 0.2) is 0 Å². The molecule has 23 heavy (non-hydrogen) atoms. The molecule has 9 heteroatoms. The van der Waals surface area contributed by atoms with Crippen molar-refractivity contribution in [2.24, 2.45) is 0 Å². The molecule has 0 atom stereocenters. The number of alkyl halides is 5. The van der Waals surface area contributed by atoms with Crippen molar-refractivity contribution in [3.8, 4) is 16.9 Å². The van der Waals surface area contributed by atoms with E-state index in [9.17, 15) is 22.0 Å². The van der Waals surface area contributed by atoms with Crippen LogP contribution in [0.2, 0.25) is 15.1 Å². The third-order valence-corrected chi connectivity index (χ3v) is 3.86. The quantitative estimate of drug-likeness (QED) is 0.407. The summed E-state index contributed by atoms with van der Waals surface area (Å²) in [4.78, 5) is 0. The maximum atomic E-state index is 12.8. The van der Waals surface area contributed by atoms with E-state index in [1.807, 2.05) is 0 Å². The Morgan fingerprint density at radius 1 is 0.870 bits per heavy atom. The minimum Gasteiger partial charge on any atom is -0.434 e. The average Bonchev–Trinajstić information content (AvgIpc) is 2.40. The monoisotopic (exact) mass is 390 g/mol. The Hall–Kier alpha value is -1.24. The van der Waals surface area contributed by atoms with E-state index < -0.39 is 24.1 Å². The predicted molar refractivity (Wildman–Crippen MR) is 78.5 cm³/mol. The molecule has 0 saturated heterocycles. The van der Waals surface area contributed by atoms with Crippen molar-refractivity contribution in [1.82, 2.24) is 0 Å². The minimum absolute atomic E-state index is 0.0992. The molecule has 0 fully saturated rings. The molecule has 0 aliphatic carbocycles. The van der Waals surface area contributed by atoms with Gasteiger partial charge in [0.1, 0.15) is 5.75 Å². The van der Waals surface area contributed by atoms with Crippen LogP contribution in [0.5, 0.6) is 5.75 Å². The number of benzene rings is 2. The van der Waals surface area contributed by atoms with Crippen molar-refractivity contribution in [2.45, 2.75) is 12.8 Å². The molecule has 0 unspecified atom stereocenters. The highest BCUT2D eigenvalue weighted by atomic mass is 35.5. The van der Waals surface area contributed by atoms with E-state index in [-0.39, 0.29) is 26.2 Å². The fourth-order valence-electron chi connectivity index (χ4n) is 1.86. The summed E-state index contributed by atoms with van der Waals surface area (Å²) in [5.74, 6) is -1.01. The van der Waals surface area contributed by atoms with E-state index >= 15 is 0 Å². The molecule has 0 amide bonds. The molecule has 2 aromatic rings. The van der Waals surface area contributed by atoms with E-state index in [1.165, 1.54) is 12.1 Å². The summed E-state index contributed by atoms with van der Waals surface area (Å²) in [6.07, 6.45) is -4.84. The summed E-state index contributed by atoms with van der Waals surface area (Å²) in [6, 6.07) is 5.14. The smallest absolute Gasteiger partial charge is 0.419 e. The zero-order valence-corrected chi connectivity index (χ0v) is 13.2. The van der Waals surface area contributed by atoms with Crippen LogP contribution in [-0.4, -0.2) is 6.61 Å². The lowest BCUT2D eigenvalue weighted by atomic mass is 10.0. The molecule has 0 radical (unpaired) electrons. The lowest BCUT2D eigenvalue weighted by Crippen LogP contribution is -2.11. The SMILES string of the molecule is FC(F)Oc1cc(-c2cc(Cl)c(Cl)cc2Cl)ccc1C(F)(F)F. The van der Waals surface area contributed by atoms with Crippen molar-refractivity contribution < 1.29 is 26.7 Å². The summed E-state index contributed by atoms with van der Waals surface area (Å²) in [5.41, 5.74) is -0.969. The third-order valence-electron chi connectivity index (χ3n) is 2.82. The third kappa shape index (κ3) is 4.19. The van der Waals surface area contributed by atoms with E-state index in [0.717, 1.165) is 12.1 Å². The van der Waals surface area contributed by atoms with Crippen LogP contribution in [-0.2, 0) is 6.18 Å². The molecule has 0 aliphatic rings. The first-order valence-corrected chi connectivity index (χ1v) is 7.04. The van der Waals surface area contributed by atoms with Crippen LogP contribution in [0.25, 0.3) is 11.1 Å². The van der Waals surface area contributed by atoms with Gasteiger partial charge in [0, 0.05) is 10.6 Å². The fraction of sp³-hybridized carbons (Fsp3) is 0.143. The van der Waals surface area contributed by atoms with Gasteiger partial charge in [0.2, 0.25) is 0 Å². The highest BCUT2D eigenvalue weighted by Gasteiger charge is 2.35. The molecule has 124 valence electrons. The molecule has 1 nitrogen and oxygen atoms in total. The average molecular weight is 392 g/mol. The Bertz CT molecular complexity index is 731. The van der Waals surface area contributed by atoms with Crippen LogP contribution in [0.3, 0.4) is 0 Å². The number of hydrogen-bond donors (Lipinski definition) is 0. The Morgan fingerprint density at radius 3 is 2.04 bits per heavy atom.